The van der Waals surface area contributed by atoms with Crippen molar-refractivity contribution >= 4 is 17.8 Å². The van der Waals surface area contributed by atoms with Gasteiger partial charge in [-0.05, 0) is 0 Å². The van der Waals surface area contributed by atoms with Crippen LogP contribution in [-0.2, 0) is 4.74 Å². The largest absolute Gasteiger partial charge is 1.00 e. The van der Waals surface area contributed by atoms with E-state index in [9.17, 15) is 0 Å². The summed E-state index contributed by atoms with van der Waals surface area (Å²) in [6.07, 6.45) is 2.73. The van der Waals surface area contributed by atoms with Crippen LogP contribution in [0.3, 0.4) is 0 Å². The summed E-state index contributed by atoms with van der Waals surface area (Å²) in [7, 11) is 5.51. The van der Waals surface area contributed by atoms with E-state index in [-0.39, 0.29) is 18.0 Å². The molecule has 0 aliphatic rings. The standard InChI is InChI=1S/C6H13ClNO.ClH/c1-8(2)5-4-6(7)9-3;/h5-6H,4H2,1-3H3;1H/q+1;/p-1. The van der Waals surface area contributed by atoms with E-state index in [0.29, 0.717) is 0 Å². The Morgan fingerprint density at radius 2 is 2.10 bits per heavy atom. The molecule has 2 nitrogen and oxygen atoms in total. The predicted octanol–water partition coefficient (Wildman–Crippen LogP) is -2.07. The van der Waals surface area contributed by atoms with Crippen LogP contribution in [0.15, 0.2) is 0 Å². The maximum Gasteiger partial charge on any atom is 0.143 e. The number of hydrogen-bond donors (Lipinski definition) is 0. The molecule has 0 rings (SSSR count). The predicted molar refractivity (Wildman–Crippen MR) is 39.4 cm³/mol. The third-order valence-electron chi connectivity index (χ3n) is 0.912. The van der Waals surface area contributed by atoms with Crippen molar-refractivity contribution in [3.63, 3.8) is 0 Å². The fourth-order valence-electron chi connectivity index (χ4n) is 0.390. The van der Waals surface area contributed by atoms with Gasteiger partial charge >= 0.3 is 0 Å². The third-order valence-corrected chi connectivity index (χ3v) is 1.27. The van der Waals surface area contributed by atoms with Crippen LogP contribution < -0.4 is 12.4 Å². The minimum Gasteiger partial charge on any atom is -1.00 e. The second kappa shape index (κ2) is 7.32. The molecule has 0 heterocycles. The fourth-order valence-corrected chi connectivity index (χ4v) is 0.470. The number of halogens is 2. The average Bonchev–Trinajstić information content (AvgIpc) is 1.83. The molecule has 1 atom stereocenters. The SMILES string of the molecule is COC(Cl)CC=[N+](C)C.[Cl-]. The van der Waals surface area contributed by atoms with E-state index in [2.05, 4.69) is 0 Å². The number of hydrogen-bond acceptors (Lipinski definition) is 1. The first-order valence-electron chi connectivity index (χ1n) is 2.83. The van der Waals surface area contributed by atoms with Gasteiger partial charge in [0.05, 0.1) is 6.42 Å². The van der Waals surface area contributed by atoms with E-state index in [1.54, 1.807) is 7.11 Å². The molecule has 0 fully saturated rings. The Labute approximate surface area is 73.2 Å². The Hall–Kier alpha value is 0.210. The summed E-state index contributed by atoms with van der Waals surface area (Å²) >= 11 is 5.63. The zero-order valence-electron chi connectivity index (χ0n) is 6.47. The van der Waals surface area contributed by atoms with Crippen LogP contribution in [0.2, 0.25) is 0 Å². The first-order valence-corrected chi connectivity index (χ1v) is 3.27. The highest BCUT2D eigenvalue weighted by Crippen LogP contribution is 1.98. The van der Waals surface area contributed by atoms with Gasteiger partial charge in [0.25, 0.3) is 0 Å². The van der Waals surface area contributed by atoms with Crippen LogP contribution >= 0.6 is 11.6 Å². The lowest BCUT2D eigenvalue weighted by atomic mass is 10.5. The van der Waals surface area contributed by atoms with Crippen molar-refractivity contribution in [2.24, 2.45) is 0 Å². The van der Waals surface area contributed by atoms with Crippen molar-refractivity contribution in [1.29, 1.82) is 0 Å². The molecule has 0 amide bonds. The Balaban J connectivity index is 0. The van der Waals surface area contributed by atoms with E-state index in [1.807, 2.05) is 24.9 Å². The zero-order valence-corrected chi connectivity index (χ0v) is 7.99. The minimum atomic E-state index is -0.188. The van der Waals surface area contributed by atoms with Gasteiger partial charge in [-0.1, -0.05) is 11.6 Å². The molecular weight excluding hydrogens is 173 g/mol. The Kier molecular flexibility index (Phi) is 9.40. The molecule has 0 saturated carbocycles. The third kappa shape index (κ3) is 8.21. The quantitative estimate of drug-likeness (QED) is 0.280. The summed E-state index contributed by atoms with van der Waals surface area (Å²) in [5.41, 5.74) is -0.188. The van der Waals surface area contributed by atoms with Crippen LogP contribution in [-0.4, -0.2) is 37.6 Å². The molecular formula is C6H13Cl2NO. The van der Waals surface area contributed by atoms with Crippen molar-refractivity contribution in [3.05, 3.63) is 0 Å². The average molecular weight is 186 g/mol. The lowest BCUT2D eigenvalue weighted by Crippen LogP contribution is -3.00. The van der Waals surface area contributed by atoms with E-state index >= 15 is 0 Å². The maximum atomic E-state index is 5.63. The molecule has 10 heavy (non-hydrogen) atoms. The second-order valence-electron chi connectivity index (χ2n) is 2.03. The van der Waals surface area contributed by atoms with E-state index in [0.717, 1.165) is 6.42 Å². The molecule has 0 radical (unpaired) electrons. The first-order chi connectivity index (χ1) is 4.16. The van der Waals surface area contributed by atoms with Crippen molar-refractivity contribution in [2.75, 3.05) is 21.2 Å². The van der Waals surface area contributed by atoms with Crippen LogP contribution in [0.1, 0.15) is 6.42 Å². The van der Waals surface area contributed by atoms with Gasteiger partial charge in [-0.15, -0.1) is 0 Å². The van der Waals surface area contributed by atoms with Crippen molar-refractivity contribution in [3.8, 4) is 0 Å². The molecule has 0 saturated heterocycles. The van der Waals surface area contributed by atoms with Crippen LogP contribution in [0, 0.1) is 0 Å². The summed E-state index contributed by atoms with van der Waals surface area (Å²) < 4.78 is 6.76. The smallest absolute Gasteiger partial charge is 0.143 e. The highest BCUT2D eigenvalue weighted by molar-refractivity contribution is 6.20. The van der Waals surface area contributed by atoms with Crippen molar-refractivity contribution in [2.45, 2.75) is 12.0 Å². The normalized spacial score (nSPS) is 11.6. The van der Waals surface area contributed by atoms with Gasteiger partial charge in [0.1, 0.15) is 25.9 Å². The fraction of sp³-hybridized carbons (Fsp3) is 0.833. The molecule has 0 aromatic heterocycles. The van der Waals surface area contributed by atoms with Crippen LogP contribution in [0.25, 0.3) is 0 Å². The van der Waals surface area contributed by atoms with Crippen LogP contribution in [0.5, 0.6) is 0 Å². The first kappa shape index (κ1) is 12.8. The Bertz CT molecular complexity index is 102. The van der Waals surface area contributed by atoms with Gasteiger partial charge in [0, 0.05) is 7.11 Å². The van der Waals surface area contributed by atoms with E-state index in [1.165, 1.54) is 0 Å². The second-order valence-corrected chi connectivity index (χ2v) is 2.51. The van der Waals surface area contributed by atoms with Gasteiger partial charge in [0.2, 0.25) is 0 Å². The van der Waals surface area contributed by atoms with Gasteiger partial charge in [-0.2, -0.15) is 0 Å². The summed E-state index contributed by atoms with van der Waals surface area (Å²) in [5, 5.41) is 0. The van der Waals surface area contributed by atoms with E-state index < -0.39 is 0 Å². The Morgan fingerprint density at radius 3 is 2.40 bits per heavy atom. The van der Waals surface area contributed by atoms with Gasteiger partial charge in [0.15, 0.2) is 0 Å². The van der Waals surface area contributed by atoms with Crippen molar-refractivity contribution in [1.82, 2.24) is 0 Å². The number of ether oxygens (including phenoxy) is 1. The number of rotatable bonds is 3. The number of alkyl halides is 1. The zero-order chi connectivity index (χ0) is 7.28. The summed E-state index contributed by atoms with van der Waals surface area (Å²) in [4.78, 5) is 0. The molecule has 0 aromatic carbocycles. The summed E-state index contributed by atoms with van der Waals surface area (Å²) in [5.74, 6) is 0. The topological polar surface area (TPSA) is 12.2 Å². The molecule has 0 spiro atoms. The monoisotopic (exact) mass is 185 g/mol. The lowest BCUT2D eigenvalue weighted by Gasteiger charge is -1.99. The molecule has 0 aliphatic heterocycles. The summed E-state index contributed by atoms with van der Waals surface area (Å²) in [6.45, 7) is 0. The minimum absolute atomic E-state index is 0. The highest BCUT2D eigenvalue weighted by Gasteiger charge is 1.99. The molecule has 4 heteroatoms. The van der Waals surface area contributed by atoms with Gasteiger partial charge in [-0.3, -0.25) is 0 Å². The van der Waals surface area contributed by atoms with Crippen LogP contribution in [0.4, 0.5) is 0 Å². The maximum absolute atomic E-state index is 5.63. The Morgan fingerprint density at radius 1 is 1.60 bits per heavy atom. The highest BCUT2D eigenvalue weighted by atomic mass is 35.5. The lowest BCUT2D eigenvalue weighted by molar-refractivity contribution is -0.460. The van der Waals surface area contributed by atoms with Gasteiger partial charge < -0.3 is 17.1 Å². The molecule has 0 bridgehead atoms. The molecule has 62 valence electrons. The molecule has 0 aliphatic carbocycles. The molecule has 0 aromatic rings. The number of methoxy groups -OCH3 is 1. The molecule has 0 N–H and O–H groups in total. The van der Waals surface area contributed by atoms with E-state index in [4.69, 9.17) is 16.3 Å². The number of nitrogens with zero attached hydrogens (tertiary/aromatic N) is 1. The van der Waals surface area contributed by atoms with Crippen molar-refractivity contribution < 1.29 is 21.7 Å². The van der Waals surface area contributed by atoms with Gasteiger partial charge in [-0.25, -0.2) is 4.58 Å². The summed E-state index contributed by atoms with van der Waals surface area (Å²) in [6, 6.07) is 0. The molecule has 1 unspecified atom stereocenters.